The van der Waals surface area contributed by atoms with Crippen LogP contribution in [0.25, 0.3) is 6.08 Å². The highest BCUT2D eigenvalue weighted by Crippen LogP contribution is 2.22. The van der Waals surface area contributed by atoms with Gasteiger partial charge in [0.05, 0.1) is 4.92 Å². The molecule has 0 saturated carbocycles. The molecule has 2 rings (SSSR count). The third kappa shape index (κ3) is 5.20. The van der Waals surface area contributed by atoms with Gasteiger partial charge in [-0.2, -0.15) is 0 Å². The number of nitrogens with zero attached hydrogens (tertiary/aromatic N) is 1. The van der Waals surface area contributed by atoms with Gasteiger partial charge in [0.25, 0.3) is 5.69 Å². The number of nitro benzene ring substituents is 1. The molecule has 7 heteroatoms. The average molecular weight is 329 g/mol. The number of anilines is 1. The maximum atomic E-state index is 13.0. The lowest BCUT2D eigenvalue weighted by molar-refractivity contribution is -0.384. The Balaban J connectivity index is 1.78. The van der Waals surface area contributed by atoms with E-state index in [4.69, 9.17) is 0 Å². The lowest BCUT2D eigenvalue weighted by atomic mass is 10.2. The van der Waals surface area contributed by atoms with E-state index in [9.17, 15) is 19.3 Å². The van der Waals surface area contributed by atoms with Crippen LogP contribution in [0.15, 0.2) is 54.6 Å². The van der Waals surface area contributed by atoms with Gasteiger partial charge >= 0.3 is 0 Å². The predicted molar refractivity (Wildman–Crippen MR) is 90.0 cm³/mol. The molecule has 0 unspecified atom stereocenters. The van der Waals surface area contributed by atoms with Crippen molar-refractivity contribution in [1.29, 1.82) is 0 Å². The second kappa shape index (κ2) is 8.42. The number of nitrogens with one attached hydrogen (secondary N) is 2. The highest BCUT2D eigenvalue weighted by Gasteiger charge is 2.11. The Morgan fingerprint density at radius 3 is 2.71 bits per heavy atom. The van der Waals surface area contributed by atoms with Crippen molar-refractivity contribution in [2.75, 3.05) is 18.4 Å². The van der Waals surface area contributed by atoms with Crippen LogP contribution >= 0.6 is 0 Å². The monoisotopic (exact) mass is 329 g/mol. The van der Waals surface area contributed by atoms with E-state index in [1.165, 1.54) is 30.4 Å². The molecule has 0 aromatic heterocycles. The van der Waals surface area contributed by atoms with Crippen LogP contribution in [0.5, 0.6) is 0 Å². The second-order valence-corrected chi connectivity index (χ2v) is 4.88. The molecule has 0 heterocycles. The Hall–Kier alpha value is -3.22. The first-order valence-electron chi connectivity index (χ1n) is 7.25. The SMILES string of the molecule is O=C(/C=C/c1cccc(F)c1)NCCNc1ccccc1[N+](=O)[O-]. The minimum absolute atomic E-state index is 0.0187. The number of amides is 1. The lowest BCUT2D eigenvalue weighted by Gasteiger charge is -2.07. The molecule has 24 heavy (non-hydrogen) atoms. The van der Waals surface area contributed by atoms with E-state index < -0.39 is 4.92 Å². The summed E-state index contributed by atoms with van der Waals surface area (Å²) in [6.45, 7) is 0.628. The first-order chi connectivity index (χ1) is 11.6. The smallest absolute Gasteiger partial charge is 0.292 e. The molecule has 0 atom stereocenters. The van der Waals surface area contributed by atoms with Crippen molar-refractivity contribution in [3.05, 3.63) is 76.1 Å². The van der Waals surface area contributed by atoms with Gasteiger partial charge < -0.3 is 10.6 Å². The zero-order valence-corrected chi connectivity index (χ0v) is 12.7. The quantitative estimate of drug-likeness (QED) is 0.354. The summed E-state index contributed by atoms with van der Waals surface area (Å²) in [6.07, 6.45) is 2.81. The van der Waals surface area contributed by atoms with Gasteiger partial charge in [-0.05, 0) is 29.8 Å². The van der Waals surface area contributed by atoms with Crippen LogP contribution < -0.4 is 10.6 Å². The van der Waals surface area contributed by atoms with Gasteiger partial charge in [-0.3, -0.25) is 14.9 Å². The van der Waals surface area contributed by atoms with Gasteiger partial charge in [-0.15, -0.1) is 0 Å². The van der Waals surface area contributed by atoms with Crippen LogP contribution in [0.4, 0.5) is 15.8 Å². The Morgan fingerprint density at radius 1 is 1.17 bits per heavy atom. The minimum Gasteiger partial charge on any atom is -0.378 e. The average Bonchev–Trinajstić information content (AvgIpc) is 2.57. The molecule has 0 radical (unpaired) electrons. The number of para-hydroxylation sites is 2. The molecule has 0 fully saturated rings. The van der Waals surface area contributed by atoms with Crippen LogP contribution in [0, 0.1) is 15.9 Å². The van der Waals surface area contributed by atoms with Crippen LogP contribution in [0.1, 0.15) is 5.56 Å². The number of carbonyl (C=O) groups is 1. The molecule has 0 bridgehead atoms. The van der Waals surface area contributed by atoms with Crippen molar-refractivity contribution in [1.82, 2.24) is 5.32 Å². The summed E-state index contributed by atoms with van der Waals surface area (Å²) in [5, 5.41) is 16.4. The Labute approximate surface area is 138 Å². The van der Waals surface area contributed by atoms with Crippen LogP contribution in [0.3, 0.4) is 0 Å². The van der Waals surface area contributed by atoms with Crippen LogP contribution in [0.2, 0.25) is 0 Å². The van der Waals surface area contributed by atoms with Gasteiger partial charge in [-0.25, -0.2) is 4.39 Å². The molecule has 2 aromatic rings. The van der Waals surface area contributed by atoms with Gasteiger partial charge in [0, 0.05) is 25.2 Å². The zero-order chi connectivity index (χ0) is 17.4. The fourth-order valence-corrected chi connectivity index (χ4v) is 2.01. The van der Waals surface area contributed by atoms with E-state index in [-0.39, 0.29) is 17.4 Å². The molecule has 2 aromatic carbocycles. The molecule has 2 N–H and O–H groups in total. The summed E-state index contributed by atoms with van der Waals surface area (Å²) >= 11 is 0. The number of benzene rings is 2. The maximum Gasteiger partial charge on any atom is 0.292 e. The third-order valence-corrected chi connectivity index (χ3v) is 3.12. The molecule has 0 aliphatic carbocycles. The first kappa shape index (κ1) is 17.1. The largest absolute Gasteiger partial charge is 0.378 e. The van der Waals surface area contributed by atoms with Gasteiger partial charge in [0.2, 0.25) is 5.91 Å². The van der Waals surface area contributed by atoms with Crippen molar-refractivity contribution < 1.29 is 14.1 Å². The number of rotatable bonds is 7. The number of hydrogen-bond donors (Lipinski definition) is 2. The van der Waals surface area contributed by atoms with Crippen molar-refractivity contribution >= 4 is 23.4 Å². The number of halogens is 1. The van der Waals surface area contributed by atoms with Gasteiger partial charge in [-0.1, -0.05) is 24.3 Å². The van der Waals surface area contributed by atoms with E-state index in [0.29, 0.717) is 24.3 Å². The van der Waals surface area contributed by atoms with Crippen molar-refractivity contribution in [2.45, 2.75) is 0 Å². The van der Waals surface area contributed by atoms with E-state index in [0.717, 1.165) is 0 Å². The number of hydrogen-bond acceptors (Lipinski definition) is 4. The molecular weight excluding hydrogens is 313 g/mol. The molecule has 1 amide bonds. The highest BCUT2D eigenvalue weighted by atomic mass is 19.1. The van der Waals surface area contributed by atoms with Crippen molar-refractivity contribution in [2.24, 2.45) is 0 Å². The Kier molecular flexibility index (Phi) is 6.01. The Morgan fingerprint density at radius 2 is 1.96 bits per heavy atom. The number of nitro groups is 1. The number of carbonyl (C=O) groups excluding carboxylic acids is 1. The predicted octanol–water partition coefficient (Wildman–Crippen LogP) is 2.98. The highest BCUT2D eigenvalue weighted by molar-refractivity contribution is 5.91. The van der Waals surface area contributed by atoms with Crippen LogP contribution in [-0.2, 0) is 4.79 Å². The maximum absolute atomic E-state index is 13.0. The minimum atomic E-state index is -0.470. The second-order valence-electron chi connectivity index (χ2n) is 4.88. The normalized spacial score (nSPS) is 10.5. The molecule has 6 nitrogen and oxygen atoms in total. The van der Waals surface area contributed by atoms with Crippen molar-refractivity contribution in [3.8, 4) is 0 Å². The summed E-state index contributed by atoms with van der Waals surface area (Å²) in [4.78, 5) is 22.1. The summed E-state index contributed by atoms with van der Waals surface area (Å²) in [6, 6.07) is 12.2. The third-order valence-electron chi connectivity index (χ3n) is 3.12. The molecule has 0 saturated heterocycles. The van der Waals surface area contributed by atoms with E-state index >= 15 is 0 Å². The summed E-state index contributed by atoms with van der Waals surface area (Å²) in [7, 11) is 0. The standard InChI is InChI=1S/C17H16FN3O3/c18-14-5-3-4-13(12-14)8-9-17(22)20-11-10-19-15-6-1-2-7-16(15)21(23)24/h1-9,12,19H,10-11H2,(H,20,22)/b9-8+. The van der Waals surface area contributed by atoms with Crippen molar-refractivity contribution in [3.63, 3.8) is 0 Å². The summed E-state index contributed by atoms with van der Waals surface area (Å²) in [5.41, 5.74) is 0.963. The van der Waals surface area contributed by atoms with E-state index in [1.54, 1.807) is 30.3 Å². The van der Waals surface area contributed by atoms with Gasteiger partial charge in [0.1, 0.15) is 11.5 Å². The molecule has 0 aliphatic heterocycles. The first-order valence-corrected chi connectivity index (χ1v) is 7.25. The fourth-order valence-electron chi connectivity index (χ4n) is 2.01. The molecule has 124 valence electrons. The fraction of sp³-hybridized carbons (Fsp3) is 0.118. The Bertz CT molecular complexity index is 762. The summed E-state index contributed by atoms with van der Waals surface area (Å²) in [5.74, 6) is -0.699. The molecule has 0 spiro atoms. The zero-order valence-electron chi connectivity index (χ0n) is 12.7. The molecule has 0 aliphatic rings. The summed E-state index contributed by atoms with van der Waals surface area (Å²) < 4.78 is 13.0. The van der Waals surface area contributed by atoms with Crippen LogP contribution in [-0.4, -0.2) is 23.9 Å². The molecular formula is C17H16FN3O3. The van der Waals surface area contributed by atoms with E-state index in [1.807, 2.05) is 0 Å². The topological polar surface area (TPSA) is 84.3 Å². The van der Waals surface area contributed by atoms with E-state index in [2.05, 4.69) is 10.6 Å². The van der Waals surface area contributed by atoms with Gasteiger partial charge in [0.15, 0.2) is 0 Å². The lowest BCUT2D eigenvalue weighted by Crippen LogP contribution is -2.27.